The Morgan fingerprint density at radius 2 is 2.11 bits per heavy atom. The van der Waals surface area contributed by atoms with Gasteiger partial charge >= 0.3 is 0 Å². The summed E-state index contributed by atoms with van der Waals surface area (Å²) in [4.78, 5) is 2.03. The molecule has 18 heavy (non-hydrogen) atoms. The predicted molar refractivity (Wildman–Crippen MR) is 71.4 cm³/mol. The standard InChI is InChI=1S/C15H15NO2/c1-16-10-4-3-8-15(16)9-7-12-5-6-13(17-2)11-14(12)18-15/h3-11H,1-2H3. The summed E-state index contributed by atoms with van der Waals surface area (Å²) in [5, 5.41) is 0. The molecule has 1 atom stereocenters. The third-order valence-corrected chi connectivity index (χ3v) is 3.30. The van der Waals surface area contributed by atoms with Crippen LogP contribution in [0.15, 0.2) is 48.7 Å². The Morgan fingerprint density at radius 1 is 1.22 bits per heavy atom. The highest BCUT2D eigenvalue weighted by Crippen LogP contribution is 2.36. The smallest absolute Gasteiger partial charge is 0.222 e. The van der Waals surface area contributed by atoms with Crippen molar-refractivity contribution in [1.29, 1.82) is 0 Å². The number of nitrogens with zero attached hydrogens (tertiary/aromatic N) is 1. The Labute approximate surface area is 107 Å². The van der Waals surface area contributed by atoms with E-state index in [4.69, 9.17) is 9.47 Å². The minimum absolute atomic E-state index is 0.520. The lowest BCUT2D eigenvalue weighted by atomic mass is 10.0. The largest absolute Gasteiger partial charge is 0.497 e. The van der Waals surface area contributed by atoms with Gasteiger partial charge in [0, 0.05) is 24.9 Å². The van der Waals surface area contributed by atoms with Crippen LogP contribution < -0.4 is 9.47 Å². The number of methoxy groups -OCH3 is 1. The van der Waals surface area contributed by atoms with Crippen molar-refractivity contribution < 1.29 is 9.47 Å². The van der Waals surface area contributed by atoms with Crippen molar-refractivity contribution in [2.24, 2.45) is 0 Å². The van der Waals surface area contributed by atoms with Crippen molar-refractivity contribution in [2.75, 3.05) is 14.2 Å². The molecule has 2 aliphatic rings. The zero-order valence-electron chi connectivity index (χ0n) is 10.5. The molecular formula is C15H15NO2. The van der Waals surface area contributed by atoms with E-state index in [2.05, 4.69) is 12.2 Å². The van der Waals surface area contributed by atoms with Crippen molar-refractivity contribution in [2.45, 2.75) is 5.72 Å². The predicted octanol–water partition coefficient (Wildman–Crippen LogP) is 2.81. The summed E-state index contributed by atoms with van der Waals surface area (Å²) in [6.45, 7) is 0. The molecule has 3 nitrogen and oxygen atoms in total. The summed E-state index contributed by atoms with van der Waals surface area (Å²) >= 11 is 0. The molecule has 0 bridgehead atoms. The normalized spacial score (nSPS) is 24.0. The summed E-state index contributed by atoms with van der Waals surface area (Å²) in [5.74, 6) is 1.64. The van der Waals surface area contributed by atoms with Gasteiger partial charge in [-0.2, -0.15) is 0 Å². The molecule has 0 aliphatic carbocycles. The lowest BCUT2D eigenvalue weighted by molar-refractivity contribution is 0.0424. The summed E-state index contributed by atoms with van der Waals surface area (Å²) in [5.41, 5.74) is 0.548. The number of allylic oxidation sites excluding steroid dienone is 2. The van der Waals surface area contributed by atoms with Crippen molar-refractivity contribution in [1.82, 2.24) is 4.90 Å². The lowest BCUT2D eigenvalue weighted by Gasteiger charge is -2.40. The highest BCUT2D eigenvalue weighted by atomic mass is 16.5. The average molecular weight is 241 g/mol. The minimum atomic E-state index is -0.520. The van der Waals surface area contributed by atoms with E-state index in [0.29, 0.717) is 0 Å². The van der Waals surface area contributed by atoms with Gasteiger partial charge in [-0.15, -0.1) is 0 Å². The van der Waals surface area contributed by atoms with E-state index < -0.39 is 5.72 Å². The monoisotopic (exact) mass is 241 g/mol. The SMILES string of the molecule is COc1ccc2c(c1)OC1(C=CC=CN1C)C=C2. The van der Waals surface area contributed by atoms with Crippen molar-refractivity contribution in [3.8, 4) is 11.5 Å². The maximum atomic E-state index is 6.14. The second kappa shape index (κ2) is 3.95. The molecule has 0 fully saturated rings. The van der Waals surface area contributed by atoms with Crippen LogP contribution in [0.1, 0.15) is 5.56 Å². The van der Waals surface area contributed by atoms with Gasteiger partial charge in [-0.05, 0) is 36.4 Å². The molecule has 1 unspecified atom stereocenters. The second-order valence-corrected chi connectivity index (χ2v) is 4.40. The molecule has 3 heteroatoms. The quantitative estimate of drug-likeness (QED) is 0.754. The zero-order valence-corrected chi connectivity index (χ0v) is 10.5. The van der Waals surface area contributed by atoms with Gasteiger partial charge in [0.1, 0.15) is 11.5 Å². The Balaban J connectivity index is 2.02. The molecule has 0 radical (unpaired) electrons. The Kier molecular flexibility index (Phi) is 2.40. The molecule has 1 spiro atoms. The van der Waals surface area contributed by atoms with Crippen LogP contribution in [0, 0.1) is 0 Å². The molecule has 0 amide bonds. The lowest BCUT2D eigenvalue weighted by Crippen LogP contribution is -2.47. The van der Waals surface area contributed by atoms with Crippen LogP contribution in [0.2, 0.25) is 0 Å². The third kappa shape index (κ3) is 1.59. The topological polar surface area (TPSA) is 21.7 Å². The van der Waals surface area contributed by atoms with Gasteiger partial charge in [-0.1, -0.05) is 6.08 Å². The molecule has 3 rings (SSSR count). The van der Waals surface area contributed by atoms with E-state index in [0.717, 1.165) is 17.1 Å². The van der Waals surface area contributed by atoms with Crippen LogP contribution >= 0.6 is 0 Å². The van der Waals surface area contributed by atoms with E-state index in [1.807, 2.05) is 54.6 Å². The van der Waals surface area contributed by atoms with Crippen molar-refractivity contribution in [3.63, 3.8) is 0 Å². The molecule has 1 aromatic rings. The van der Waals surface area contributed by atoms with Gasteiger partial charge in [-0.3, -0.25) is 0 Å². The third-order valence-electron chi connectivity index (χ3n) is 3.30. The molecule has 0 saturated heterocycles. The van der Waals surface area contributed by atoms with Crippen LogP contribution in [-0.4, -0.2) is 24.8 Å². The fraction of sp³-hybridized carbons (Fsp3) is 0.200. The first kappa shape index (κ1) is 11.0. The van der Waals surface area contributed by atoms with Gasteiger partial charge < -0.3 is 14.4 Å². The number of likely N-dealkylation sites (N-methyl/N-ethyl adjacent to an activating group) is 1. The number of ether oxygens (including phenoxy) is 2. The summed E-state index contributed by atoms with van der Waals surface area (Å²) < 4.78 is 11.4. The van der Waals surface area contributed by atoms with Gasteiger partial charge in [-0.25, -0.2) is 0 Å². The van der Waals surface area contributed by atoms with E-state index in [1.54, 1.807) is 7.11 Å². The maximum absolute atomic E-state index is 6.14. The fourth-order valence-corrected chi connectivity index (χ4v) is 2.17. The Bertz CT molecular complexity index is 560. The Hall–Kier alpha value is -2.16. The van der Waals surface area contributed by atoms with E-state index >= 15 is 0 Å². The van der Waals surface area contributed by atoms with Crippen LogP contribution in [0.25, 0.3) is 6.08 Å². The number of rotatable bonds is 1. The van der Waals surface area contributed by atoms with Gasteiger partial charge in [0.25, 0.3) is 0 Å². The van der Waals surface area contributed by atoms with Crippen LogP contribution in [0.3, 0.4) is 0 Å². The molecule has 1 aromatic carbocycles. The molecule has 0 saturated carbocycles. The first-order valence-electron chi connectivity index (χ1n) is 5.89. The van der Waals surface area contributed by atoms with Crippen molar-refractivity contribution >= 4 is 6.08 Å². The number of benzene rings is 1. The molecule has 92 valence electrons. The van der Waals surface area contributed by atoms with Gasteiger partial charge in [0.15, 0.2) is 0 Å². The zero-order chi connectivity index (χ0) is 12.6. The van der Waals surface area contributed by atoms with Gasteiger partial charge in [0.05, 0.1) is 7.11 Å². The first-order chi connectivity index (χ1) is 8.73. The van der Waals surface area contributed by atoms with E-state index in [-0.39, 0.29) is 0 Å². The average Bonchev–Trinajstić information content (AvgIpc) is 2.41. The van der Waals surface area contributed by atoms with E-state index in [9.17, 15) is 0 Å². The first-order valence-corrected chi connectivity index (χ1v) is 5.89. The fourth-order valence-electron chi connectivity index (χ4n) is 2.17. The van der Waals surface area contributed by atoms with Gasteiger partial charge in [0.2, 0.25) is 5.72 Å². The Morgan fingerprint density at radius 3 is 2.89 bits per heavy atom. The number of fused-ring (bicyclic) bond motifs is 1. The molecule has 0 aromatic heterocycles. The van der Waals surface area contributed by atoms with Crippen LogP contribution in [0.5, 0.6) is 11.5 Å². The van der Waals surface area contributed by atoms with E-state index in [1.165, 1.54) is 0 Å². The summed E-state index contributed by atoms with van der Waals surface area (Å²) in [6, 6.07) is 5.85. The number of hydrogen-bond donors (Lipinski definition) is 0. The number of hydrogen-bond acceptors (Lipinski definition) is 3. The summed E-state index contributed by atoms with van der Waals surface area (Å²) in [7, 11) is 3.65. The highest BCUT2D eigenvalue weighted by molar-refractivity contribution is 5.63. The van der Waals surface area contributed by atoms with Crippen LogP contribution in [0.4, 0.5) is 0 Å². The summed E-state index contributed by atoms with van der Waals surface area (Å²) in [6.07, 6.45) is 12.2. The van der Waals surface area contributed by atoms with Crippen LogP contribution in [-0.2, 0) is 0 Å². The highest BCUT2D eigenvalue weighted by Gasteiger charge is 2.34. The van der Waals surface area contributed by atoms with Crippen molar-refractivity contribution in [3.05, 3.63) is 54.3 Å². The molecule has 0 N–H and O–H groups in total. The second-order valence-electron chi connectivity index (χ2n) is 4.40. The molecule has 2 heterocycles. The minimum Gasteiger partial charge on any atom is -0.497 e. The maximum Gasteiger partial charge on any atom is 0.222 e. The molecule has 2 aliphatic heterocycles. The molecular weight excluding hydrogens is 226 g/mol.